The second kappa shape index (κ2) is 3.57. The number of halogens is 4. The minimum atomic E-state index is -4.32. The van der Waals surface area contributed by atoms with Crippen LogP contribution in [0.15, 0.2) is 18.2 Å². The molecule has 1 nitrogen and oxygen atoms in total. The molecule has 0 saturated heterocycles. The zero-order chi connectivity index (χ0) is 10.1. The summed E-state index contributed by atoms with van der Waals surface area (Å²) in [6, 6.07) is 3.33. The first-order valence-corrected chi connectivity index (χ1v) is 4.59. The van der Waals surface area contributed by atoms with Crippen molar-refractivity contribution in [1.29, 1.82) is 0 Å². The van der Waals surface area contributed by atoms with Crippen LogP contribution in [-0.4, -0.2) is 0 Å². The Morgan fingerprint density at radius 3 is 2.31 bits per heavy atom. The van der Waals surface area contributed by atoms with Gasteiger partial charge in [-0.05, 0) is 17.7 Å². The predicted molar refractivity (Wildman–Crippen MR) is 48.5 cm³/mol. The van der Waals surface area contributed by atoms with Crippen molar-refractivity contribution in [3.05, 3.63) is 29.3 Å². The number of nitrogens with two attached hydrogens (primary N) is 1. The van der Waals surface area contributed by atoms with Crippen molar-refractivity contribution in [3.8, 4) is 0 Å². The summed E-state index contributed by atoms with van der Waals surface area (Å²) in [5.74, 6) is 0. The van der Waals surface area contributed by atoms with Crippen LogP contribution in [0.3, 0.4) is 0 Å². The van der Waals surface area contributed by atoms with Crippen LogP contribution in [0.5, 0.6) is 0 Å². The van der Waals surface area contributed by atoms with Crippen LogP contribution in [0.1, 0.15) is 11.1 Å². The molecule has 0 aromatic heterocycles. The van der Waals surface area contributed by atoms with Gasteiger partial charge in [-0.25, -0.2) is 0 Å². The lowest BCUT2D eigenvalue weighted by Crippen LogP contribution is -2.06. The molecule has 13 heavy (non-hydrogen) atoms. The van der Waals surface area contributed by atoms with E-state index in [4.69, 9.17) is 5.73 Å². The largest absolute Gasteiger partial charge is 0.416 e. The van der Waals surface area contributed by atoms with E-state index in [9.17, 15) is 13.2 Å². The average molecular weight is 254 g/mol. The third-order valence-electron chi connectivity index (χ3n) is 1.62. The maximum absolute atomic E-state index is 12.1. The Morgan fingerprint density at radius 2 is 1.92 bits per heavy atom. The molecule has 0 amide bonds. The minimum absolute atomic E-state index is 0.159. The average Bonchev–Trinajstić information content (AvgIpc) is 2.02. The van der Waals surface area contributed by atoms with E-state index in [0.717, 1.165) is 12.1 Å². The third kappa shape index (κ3) is 2.37. The van der Waals surface area contributed by atoms with Gasteiger partial charge in [0.15, 0.2) is 0 Å². The van der Waals surface area contributed by atoms with E-state index < -0.39 is 11.7 Å². The van der Waals surface area contributed by atoms with Gasteiger partial charge in [-0.2, -0.15) is 13.2 Å². The predicted octanol–water partition coefficient (Wildman–Crippen LogP) is 3.18. The number of hydrogen-bond acceptors (Lipinski definition) is 1. The minimum Gasteiger partial charge on any atom is -0.398 e. The van der Waals surface area contributed by atoms with Crippen LogP contribution in [0.25, 0.3) is 0 Å². The normalized spacial score (nSPS) is 11.7. The second-order valence-electron chi connectivity index (χ2n) is 2.54. The first-order valence-electron chi connectivity index (χ1n) is 3.46. The van der Waals surface area contributed by atoms with Gasteiger partial charge >= 0.3 is 6.18 Å². The molecule has 0 aliphatic carbocycles. The monoisotopic (exact) mass is 253 g/mol. The second-order valence-corrected chi connectivity index (χ2v) is 3.11. The lowest BCUT2D eigenvalue weighted by Gasteiger charge is -2.08. The Hall–Kier alpha value is -0.710. The highest BCUT2D eigenvalue weighted by atomic mass is 79.9. The first kappa shape index (κ1) is 10.4. The molecule has 2 N–H and O–H groups in total. The van der Waals surface area contributed by atoms with Crippen LogP contribution < -0.4 is 5.73 Å². The highest BCUT2D eigenvalue weighted by Crippen LogP contribution is 2.31. The van der Waals surface area contributed by atoms with E-state index in [1.165, 1.54) is 6.07 Å². The fraction of sp³-hybridized carbons (Fsp3) is 0.250. The van der Waals surface area contributed by atoms with Crippen molar-refractivity contribution < 1.29 is 13.2 Å². The molecule has 0 aliphatic rings. The van der Waals surface area contributed by atoms with Crippen molar-refractivity contribution >= 4 is 21.6 Å². The van der Waals surface area contributed by atoms with Gasteiger partial charge in [-0.1, -0.05) is 22.0 Å². The zero-order valence-corrected chi connectivity index (χ0v) is 8.11. The molecule has 0 bridgehead atoms. The number of anilines is 1. The summed E-state index contributed by atoms with van der Waals surface area (Å²) in [6.07, 6.45) is -4.32. The van der Waals surface area contributed by atoms with Crippen LogP contribution in [0.4, 0.5) is 18.9 Å². The van der Waals surface area contributed by atoms with Gasteiger partial charge in [-0.15, -0.1) is 0 Å². The van der Waals surface area contributed by atoms with E-state index >= 15 is 0 Å². The van der Waals surface area contributed by atoms with Gasteiger partial charge in [0, 0.05) is 11.0 Å². The fourth-order valence-electron chi connectivity index (χ4n) is 0.893. The number of nitrogen functional groups attached to an aromatic ring is 1. The Balaban J connectivity index is 3.10. The highest BCUT2D eigenvalue weighted by Gasteiger charge is 2.30. The molecule has 0 fully saturated rings. The van der Waals surface area contributed by atoms with Crippen molar-refractivity contribution in [3.63, 3.8) is 0 Å². The van der Waals surface area contributed by atoms with Crippen molar-refractivity contribution in [2.45, 2.75) is 11.5 Å². The molecule has 1 aromatic rings. The molecule has 0 radical (unpaired) electrons. The first-order chi connectivity index (χ1) is 5.95. The Morgan fingerprint density at radius 1 is 1.31 bits per heavy atom. The molecule has 0 aliphatic heterocycles. The number of alkyl halides is 4. The summed E-state index contributed by atoms with van der Waals surface area (Å²) in [7, 11) is 0. The maximum Gasteiger partial charge on any atom is 0.416 e. The Labute approximate surface area is 81.9 Å². The fourth-order valence-corrected chi connectivity index (χ4v) is 1.40. The van der Waals surface area contributed by atoms with E-state index in [1.54, 1.807) is 0 Å². The van der Waals surface area contributed by atoms with E-state index in [2.05, 4.69) is 15.9 Å². The van der Waals surface area contributed by atoms with Gasteiger partial charge in [0.2, 0.25) is 0 Å². The van der Waals surface area contributed by atoms with Gasteiger partial charge in [0.1, 0.15) is 0 Å². The number of rotatable bonds is 1. The highest BCUT2D eigenvalue weighted by molar-refractivity contribution is 9.08. The Bertz CT molecular complexity index is 309. The molecular formula is C8H7BrF3N. The Kier molecular flexibility index (Phi) is 2.85. The third-order valence-corrected chi connectivity index (χ3v) is 2.22. The van der Waals surface area contributed by atoms with Crippen LogP contribution in [0.2, 0.25) is 0 Å². The molecule has 1 rings (SSSR count). The van der Waals surface area contributed by atoms with Crippen molar-refractivity contribution in [2.24, 2.45) is 0 Å². The lowest BCUT2D eigenvalue weighted by atomic mass is 10.1. The summed E-state index contributed by atoms with van der Waals surface area (Å²) in [6.45, 7) is 0. The summed E-state index contributed by atoms with van der Waals surface area (Å²) in [5.41, 5.74) is 5.50. The maximum atomic E-state index is 12.1. The molecule has 0 heterocycles. The molecular weight excluding hydrogens is 247 g/mol. The van der Waals surface area contributed by atoms with Gasteiger partial charge in [0.25, 0.3) is 0 Å². The van der Waals surface area contributed by atoms with Crippen molar-refractivity contribution in [1.82, 2.24) is 0 Å². The van der Waals surface area contributed by atoms with Gasteiger partial charge in [-0.3, -0.25) is 0 Å². The molecule has 1 aromatic carbocycles. The van der Waals surface area contributed by atoms with Gasteiger partial charge < -0.3 is 5.73 Å². The van der Waals surface area contributed by atoms with E-state index in [1.807, 2.05) is 0 Å². The van der Waals surface area contributed by atoms with Crippen LogP contribution in [0, 0.1) is 0 Å². The number of hydrogen-bond donors (Lipinski definition) is 1. The van der Waals surface area contributed by atoms with Crippen LogP contribution >= 0.6 is 15.9 Å². The molecule has 0 saturated carbocycles. The van der Waals surface area contributed by atoms with E-state index in [0.29, 0.717) is 10.9 Å². The molecule has 72 valence electrons. The summed E-state index contributed by atoms with van der Waals surface area (Å²) in [4.78, 5) is 0. The topological polar surface area (TPSA) is 26.0 Å². The van der Waals surface area contributed by atoms with E-state index in [-0.39, 0.29) is 5.69 Å². The molecule has 0 spiro atoms. The summed E-state index contributed by atoms with van der Waals surface area (Å²) < 4.78 is 36.4. The quantitative estimate of drug-likeness (QED) is 0.604. The summed E-state index contributed by atoms with van der Waals surface area (Å²) in [5, 5.41) is 0.455. The van der Waals surface area contributed by atoms with Gasteiger partial charge in [0.05, 0.1) is 5.56 Å². The van der Waals surface area contributed by atoms with Crippen LogP contribution in [-0.2, 0) is 11.5 Å². The molecule has 0 unspecified atom stereocenters. The summed E-state index contributed by atoms with van der Waals surface area (Å²) >= 11 is 3.12. The smallest absolute Gasteiger partial charge is 0.398 e. The standard InChI is InChI=1S/C8H7BrF3N/c9-4-5-1-2-6(3-7(5)13)8(10,11)12/h1-3H,4,13H2. The molecule has 5 heteroatoms. The van der Waals surface area contributed by atoms with Crippen molar-refractivity contribution in [2.75, 3.05) is 5.73 Å². The zero-order valence-electron chi connectivity index (χ0n) is 6.53. The SMILES string of the molecule is Nc1cc(C(F)(F)F)ccc1CBr. The lowest BCUT2D eigenvalue weighted by molar-refractivity contribution is -0.137. The molecule has 0 atom stereocenters. The number of benzene rings is 1.